The summed E-state index contributed by atoms with van der Waals surface area (Å²) in [5.74, 6) is -2.79. The predicted octanol–water partition coefficient (Wildman–Crippen LogP) is 5.41. The normalized spacial score (nSPS) is 12.7. The zero-order valence-corrected chi connectivity index (χ0v) is 21.1. The first-order valence-electron chi connectivity index (χ1n) is 11.9. The lowest BCUT2D eigenvalue weighted by Crippen LogP contribution is -2.38. The number of rotatable bonds is 9. The van der Waals surface area contributed by atoms with Crippen LogP contribution in [-0.2, 0) is 24.2 Å². The van der Waals surface area contributed by atoms with Gasteiger partial charge in [0.15, 0.2) is 0 Å². The number of nitriles is 1. The second-order valence-corrected chi connectivity index (χ2v) is 9.45. The standard InChI is InChI=1S/C29H24ClF2N3O3/c1-16(36)9-18-11-25(31)23(26(32)12-18)15-35-27(29(37)38)13-19-5-7-22(28-20(19)3-2-8-34-28)21-6-4-17(14-33)10-24(21)30/h2-8,10-12,16,27,35-36H,9,13,15H2,1H3,(H,37,38)/t16?,27-/m0/s1. The van der Waals surface area contributed by atoms with E-state index in [0.717, 1.165) is 17.7 Å². The molecule has 1 aromatic heterocycles. The molecule has 4 aromatic rings. The van der Waals surface area contributed by atoms with Crippen LogP contribution in [0.15, 0.2) is 60.8 Å². The quantitative estimate of drug-likeness (QED) is 0.264. The van der Waals surface area contributed by atoms with Crippen LogP contribution in [-0.4, -0.2) is 33.3 Å². The molecule has 0 spiro atoms. The largest absolute Gasteiger partial charge is 0.480 e. The fourth-order valence-electron chi connectivity index (χ4n) is 4.41. The Kier molecular flexibility index (Phi) is 8.32. The zero-order chi connectivity index (χ0) is 27.4. The van der Waals surface area contributed by atoms with E-state index in [1.807, 2.05) is 12.1 Å². The molecule has 3 aromatic carbocycles. The Morgan fingerprint density at radius 1 is 1.11 bits per heavy atom. The van der Waals surface area contributed by atoms with Crippen molar-refractivity contribution in [2.75, 3.05) is 0 Å². The van der Waals surface area contributed by atoms with Crippen LogP contribution in [0.1, 0.15) is 29.2 Å². The number of nitrogens with one attached hydrogen (secondary N) is 1. The van der Waals surface area contributed by atoms with E-state index in [2.05, 4.69) is 10.3 Å². The van der Waals surface area contributed by atoms with Crippen molar-refractivity contribution in [1.82, 2.24) is 10.3 Å². The summed E-state index contributed by atoms with van der Waals surface area (Å²) in [6.45, 7) is 1.19. The number of hydrogen-bond acceptors (Lipinski definition) is 5. The van der Waals surface area contributed by atoms with Crippen LogP contribution in [0.2, 0.25) is 5.02 Å². The smallest absolute Gasteiger partial charge is 0.321 e. The van der Waals surface area contributed by atoms with Gasteiger partial charge >= 0.3 is 5.97 Å². The number of hydrogen-bond donors (Lipinski definition) is 3. The number of nitrogens with zero attached hydrogens (tertiary/aromatic N) is 2. The SMILES string of the molecule is CC(O)Cc1cc(F)c(CN[C@@H](Cc2ccc(-c3ccc(C#N)cc3Cl)c3ncccc23)C(=O)O)c(F)c1. The molecule has 0 aliphatic heterocycles. The Hall–Kier alpha value is -3.90. The highest BCUT2D eigenvalue weighted by atomic mass is 35.5. The third-order valence-corrected chi connectivity index (χ3v) is 6.54. The number of pyridine rings is 1. The highest BCUT2D eigenvalue weighted by molar-refractivity contribution is 6.33. The summed E-state index contributed by atoms with van der Waals surface area (Å²) in [4.78, 5) is 16.6. The highest BCUT2D eigenvalue weighted by Crippen LogP contribution is 2.34. The Morgan fingerprint density at radius 2 is 1.82 bits per heavy atom. The number of aliphatic hydroxyl groups is 1. The number of carboxylic acids is 1. The molecule has 4 rings (SSSR count). The van der Waals surface area contributed by atoms with Gasteiger partial charge in [-0.05, 0) is 61.2 Å². The van der Waals surface area contributed by atoms with Gasteiger partial charge in [0.25, 0.3) is 0 Å². The van der Waals surface area contributed by atoms with Crippen molar-refractivity contribution >= 4 is 28.5 Å². The van der Waals surface area contributed by atoms with Gasteiger partial charge in [-0.3, -0.25) is 15.1 Å². The molecule has 3 N–H and O–H groups in total. The van der Waals surface area contributed by atoms with E-state index in [4.69, 9.17) is 16.9 Å². The molecule has 38 heavy (non-hydrogen) atoms. The van der Waals surface area contributed by atoms with E-state index in [-0.39, 0.29) is 24.9 Å². The molecule has 2 atom stereocenters. The van der Waals surface area contributed by atoms with Gasteiger partial charge in [0.1, 0.15) is 17.7 Å². The van der Waals surface area contributed by atoms with Crippen LogP contribution in [0.25, 0.3) is 22.0 Å². The first-order chi connectivity index (χ1) is 18.2. The summed E-state index contributed by atoms with van der Waals surface area (Å²) in [5.41, 5.74) is 3.14. The highest BCUT2D eigenvalue weighted by Gasteiger charge is 2.22. The van der Waals surface area contributed by atoms with Crippen LogP contribution in [0.4, 0.5) is 8.78 Å². The molecule has 194 valence electrons. The van der Waals surface area contributed by atoms with Crippen LogP contribution >= 0.6 is 11.6 Å². The Balaban J connectivity index is 1.61. The van der Waals surface area contributed by atoms with Gasteiger partial charge in [0.05, 0.1) is 23.3 Å². The summed E-state index contributed by atoms with van der Waals surface area (Å²) in [6.07, 6.45) is 0.997. The molecule has 0 saturated heterocycles. The van der Waals surface area contributed by atoms with Gasteiger partial charge in [0, 0.05) is 39.8 Å². The Morgan fingerprint density at radius 3 is 2.45 bits per heavy atom. The maximum Gasteiger partial charge on any atom is 0.321 e. The van der Waals surface area contributed by atoms with Crippen molar-refractivity contribution in [3.8, 4) is 17.2 Å². The molecule has 1 unspecified atom stereocenters. The molecule has 0 radical (unpaired) electrons. The number of carbonyl (C=O) groups is 1. The van der Waals surface area contributed by atoms with Gasteiger partial charge in [-0.15, -0.1) is 0 Å². The third-order valence-electron chi connectivity index (χ3n) is 6.23. The number of benzene rings is 3. The first kappa shape index (κ1) is 27.1. The Bertz CT molecular complexity index is 1530. The summed E-state index contributed by atoms with van der Waals surface area (Å²) in [7, 11) is 0. The van der Waals surface area contributed by atoms with Gasteiger partial charge in [-0.1, -0.05) is 35.9 Å². The van der Waals surface area contributed by atoms with Crippen molar-refractivity contribution in [2.45, 2.75) is 38.5 Å². The maximum absolute atomic E-state index is 14.6. The van der Waals surface area contributed by atoms with E-state index in [9.17, 15) is 23.8 Å². The van der Waals surface area contributed by atoms with Crippen LogP contribution < -0.4 is 5.32 Å². The van der Waals surface area contributed by atoms with Gasteiger partial charge in [-0.2, -0.15) is 5.26 Å². The number of fused-ring (bicyclic) bond motifs is 1. The molecule has 0 aliphatic rings. The van der Waals surface area contributed by atoms with Crippen molar-refractivity contribution < 1.29 is 23.8 Å². The summed E-state index contributed by atoms with van der Waals surface area (Å²) in [5, 5.41) is 32.3. The fourth-order valence-corrected chi connectivity index (χ4v) is 4.69. The number of aliphatic hydroxyl groups excluding tert-OH is 1. The Labute approximate surface area is 223 Å². The molecule has 0 amide bonds. The minimum atomic E-state index is -1.17. The molecule has 0 saturated carbocycles. The molecular weight excluding hydrogens is 512 g/mol. The summed E-state index contributed by atoms with van der Waals surface area (Å²) in [6, 6.07) is 15.3. The van der Waals surface area contributed by atoms with E-state index in [1.54, 1.807) is 42.6 Å². The van der Waals surface area contributed by atoms with E-state index in [1.165, 1.54) is 6.92 Å². The zero-order valence-electron chi connectivity index (χ0n) is 20.4. The molecule has 0 aliphatic carbocycles. The van der Waals surface area contributed by atoms with E-state index < -0.39 is 29.7 Å². The van der Waals surface area contributed by atoms with Crippen molar-refractivity contribution in [2.24, 2.45) is 0 Å². The van der Waals surface area contributed by atoms with Crippen LogP contribution in [0, 0.1) is 23.0 Å². The molecule has 6 nitrogen and oxygen atoms in total. The van der Waals surface area contributed by atoms with Gasteiger partial charge in [-0.25, -0.2) is 8.78 Å². The van der Waals surface area contributed by atoms with Gasteiger partial charge < -0.3 is 10.2 Å². The third kappa shape index (κ3) is 5.97. The van der Waals surface area contributed by atoms with Crippen molar-refractivity contribution in [3.63, 3.8) is 0 Å². The first-order valence-corrected chi connectivity index (χ1v) is 12.2. The number of halogens is 3. The monoisotopic (exact) mass is 535 g/mol. The minimum absolute atomic E-state index is 0.0300. The number of carboxylic acid groups (broad SMARTS) is 1. The molecule has 0 bridgehead atoms. The molecule has 0 fully saturated rings. The summed E-state index contributed by atoms with van der Waals surface area (Å²) < 4.78 is 29.2. The topological polar surface area (TPSA) is 106 Å². The van der Waals surface area contributed by atoms with E-state index >= 15 is 0 Å². The minimum Gasteiger partial charge on any atom is -0.480 e. The average Bonchev–Trinajstić information content (AvgIpc) is 2.87. The van der Waals surface area contributed by atoms with Crippen molar-refractivity contribution in [1.29, 1.82) is 5.26 Å². The predicted molar refractivity (Wildman–Crippen MR) is 141 cm³/mol. The summed E-state index contributed by atoms with van der Waals surface area (Å²) >= 11 is 6.43. The lowest BCUT2D eigenvalue weighted by molar-refractivity contribution is -0.139. The fraction of sp³-hybridized carbons (Fsp3) is 0.207. The molecule has 9 heteroatoms. The number of aromatic nitrogens is 1. The second-order valence-electron chi connectivity index (χ2n) is 9.05. The lowest BCUT2D eigenvalue weighted by atomic mass is 9.94. The van der Waals surface area contributed by atoms with Gasteiger partial charge in [0.2, 0.25) is 0 Å². The van der Waals surface area contributed by atoms with Crippen molar-refractivity contribution in [3.05, 3.63) is 99.7 Å². The van der Waals surface area contributed by atoms with E-state index in [0.29, 0.717) is 38.2 Å². The maximum atomic E-state index is 14.6. The second kappa shape index (κ2) is 11.7. The van der Waals surface area contributed by atoms with Crippen LogP contribution in [0.3, 0.4) is 0 Å². The lowest BCUT2D eigenvalue weighted by Gasteiger charge is -2.18. The molecule has 1 heterocycles. The average molecular weight is 536 g/mol. The molecular formula is C29H24ClF2N3O3. The van der Waals surface area contributed by atoms with Crippen LogP contribution in [0.5, 0.6) is 0 Å². The number of aliphatic carboxylic acids is 1.